The van der Waals surface area contributed by atoms with Crippen molar-refractivity contribution in [2.45, 2.75) is 59.0 Å². The Bertz CT molecular complexity index is 589. The Morgan fingerprint density at radius 3 is 2.39 bits per heavy atom. The molecule has 126 valence electrons. The predicted octanol–water partition coefficient (Wildman–Crippen LogP) is 3.84. The Kier molecular flexibility index (Phi) is 6.59. The van der Waals surface area contributed by atoms with E-state index in [-0.39, 0.29) is 6.61 Å². The Morgan fingerprint density at radius 2 is 1.83 bits per heavy atom. The van der Waals surface area contributed by atoms with Crippen LogP contribution in [0.15, 0.2) is 24.3 Å². The highest BCUT2D eigenvalue weighted by Crippen LogP contribution is 2.28. The summed E-state index contributed by atoms with van der Waals surface area (Å²) in [6.07, 6.45) is 4.17. The summed E-state index contributed by atoms with van der Waals surface area (Å²) < 4.78 is 7.54. The van der Waals surface area contributed by atoms with Crippen LogP contribution in [-0.4, -0.2) is 26.7 Å². The number of ether oxygens (including phenoxy) is 1. The minimum absolute atomic E-state index is 0.0793. The van der Waals surface area contributed by atoms with Crippen LogP contribution >= 0.6 is 0 Å². The molecule has 0 spiro atoms. The lowest BCUT2D eigenvalue weighted by molar-refractivity contribution is 0.274. The SMILES string of the molecule is CCCCOc1ccc(-n2nnc(CO)c2C(CC)CC)cc1. The van der Waals surface area contributed by atoms with Crippen LogP contribution < -0.4 is 4.74 Å². The van der Waals surface area contributed by atoms with Gasteiger partial charge in [0.15, 0.2) is 0 Å². The van der Waals surface area contributed by atoms with Crippen molar-refractivity contribution in [3.8, 4) is 11.4 Å². The van der Waals surface area contributed by atoms with E-state index in [1.807, 2.05) is 28.9 Å². The molecule has 0 amide bonds. The summed E-state index contributed by atoms with van der Waals surface area (Å²) in [6.45, 7) is 7.11. The molecule has 0 aliphatic carbocycles. The van der Waals surface area contributed by atoms with E-state index in [4.69, 9.17) is 4.74 Å². The molecule has 0 saturated heterocycles. The summed E-state index contributed by atoms with van der Waals surface area (Å²) in [5, 5.41) is 17.9. The summed E-state index contributed by atoms with van der Waals surface area (Å²) in [5.74, 6) is 1.21. The fourth-order valence-electron chi connectivity index (χ4n) is 2.73. The summed E-state index contributed by atoms with van der Waals surface area (Å²) in [4.78, 5) is 0. The minimum Gasteiger partial charge on any atom is -0.494 e. The largest absolute Gasteiger partial charge is 0.494 e. The van der Waals surface area contributed by atoms with Crippen molar-refractivity contribution in [1.29, 1.82) is 0 Å². The molecule has 1 aromatic heterocycles. The molecule has 0 bridgehead atoms. The van der Waals surface area contributed by atoms with E-state index in [0.29, 0.717) is 11.6 Å². The second-order valence-corrected chi connectivity index (χ2v) is 5.70. The Hall–Kier alpha value is -1.88. The van der Waals surface area contributed by atoms with Crippen LogP contribution in [0, 0.1) is 0 Å². The summed E-state index contributed by atoms with van der Waals surface area (Å²) in [7, 11) is 0. The van der Waals surface area contributed by atoms with Gasteiger partial charge in [-0.1, -0.05) is 32.4 Å². The fourth-order valence-corrected chi connectivity index (χ4v) is 2.73. The number of aliphatic hydroxyl groups is 1. The first kappa shape index (κ1) is 17.5. The van der Waals surface area contributed by atoms with Gasteiger partial charge in [0.2, 0.25) is 0 Å². The van der Waals surface area contributed by atoms with Crippen molar-refractivity contribution in [3.05, 3.63) is 35.7 Å². The number of nitrogens with zero attached hydrogens (tertiary/aromatic N) is 3. The fraction of sp³-hybridized carbons (Fsp3) is 0.556. The van der Waals surface area contributed by atoms with Gasteiger partial charge in [-0.05, 0) is 43.5 Å². The molecule has 0 fully saturated rings. The van der Waals surface area contributed by atoms with Crippen LogP contribution in [0.5, 0.6) is 5.75 Å². The quantitative estimate of drug-likeness (QED) is 0.714. The van der Waals surface area contributed by atoms with Gasteiger partial charge >= 0.3 is 0 Å². The standard InChI is InChI=1S/C18H27N3O2/c1-4-7-12-23-16-10-8-15(9-11-16)21-18(14(5-2)6-3)17(13-22)19-20-21/h8-11,14,22H,4-7,12-13H2,1-3H3. The molecule has 0 aliphatic rings. The van der Waals surface area contributed by atoms with Crippen molar-refractivity contribution >= 4 is 0 Å². The number of hydrogen-bond acceptors (Lipinski definition) is 4. The van der Waals surface area contributed by atoms with Crippen molar-refractivity contribution < 1.29 is 9.84 Å². The number of aromatic nitrogens is 3. The van der Waals surface area contributed by atoms with E-state index in [0.717, 1.165) is 49.4 Å². The maximum atomic E-state index is 9.55. The van der Waals surface area contributed by atoms with Gasteiger partial charge in [-0.15, -0.1) is 5.10 Å². The second-order valence-electron chi connectivity index (χ2n) is 5.70. The van der Waals surface area contributed by atoms with E-state index in [2.05, 4.69) is 31.1 Å². The molecule has 0 aliphatic heterocycles. The molecule has 23 heavy (non-hydrogen) atoms. The van der Waals surface area contributed by atoms with Gasteiger partial charge in [-0.3, -0.25) is 0 Å². The first-order valence-corrected chi connectivity index (χ1v) is 8.53. The first-order valence-electron chi connectivity index (χ1n) is 8.53. The molecule has 5 nitrogen and oxygen atoms in total. The summed E-state index contributed by atoms with van der Waals surface area (Å²) in [6, 6.07) is 7.90. The number of aliphatic hydroxyl groups excluding tert-OH is 1. The monoisotopic (exact) mass is 317 g/mol. The molecular weight excluding hydrogens is 290 g/mol. The molecule has 1 heterocycles. The van der Waals surface area contributed by atoms with Crippen LogP contribution in [-0.2, 0) is 6.61 Å². The lowest BCUT2D eigenvalue weighted by Crippen LogP contribution is -2.09. The van der Waals surface area contributed by atoms with Crippen LogP contribution in [0.4, 0.5) is 0 Å². The van der Waals surface area contributed by atoms with Gasteiger partial charge in [0, 0.05) is 5.92 Å². The highest BCUT2D eigenvalue weighted by atomic mass is 16.5. The van der Waals surface area contributed by atoms with Crippen LogP contribution in [0.1, 0.15) is 63.8 Å². The van der Waals surface area contributed by atoms with Gasteiger partial charge in [0.05, 0.1) is 24.6 Å². The van der Waals surface area contributed by atoms with E-state index in [9.17, 15) is 5.11 Å². The maximum Gasteiger partial charge on any atom is 0.119 e. The molecule has 2 aromatic rings. The molecule has 1 N–H and O–H groups in total. The number of benzene rings is 1. The first-order chi connectivity index (χ1) is 11.2. The highest BCUT2D eigenvalue weighted by Gasteiger charge is 2.20. The third-order valence-electron chi connectivity index (χ3n) is 4.15. The Balaban J connectivity index is 2.26. The zero-order valence-electron chi connectivity index (χ0n) is 14.3. The smallest absolute Gasteiger partial charge is 0.119 e. The second kappa shape index (κ2) is 8.67. The van der Waals surface area contributed by atoms with Gasteiger partial charge in [-0.2, -0.15) is 0 Å². The van der Waals surface area contributed by atoms with Crippen LogP contribution in [0.2, 0.25) is 0 Å². The average Bonchev–Trinajstić information content (AvgIpc) is 3.01. The van der Waals surface area contributed by atoms with Crippen molar-refractivity contribution in [2.75, 3.05) is 6.61 Å². The van der Waals surface area contributed by atoms with Gasteiger partial charge in [-0.25, -0.2) is 4.68 Å². The average molecular weight is 317 g/mol. The minimum atomic E-state index is -0.0793. The summed E-state index contributed by atoms with van der Waals surface area (Å²) in [5.41, 5.74) is 2.63. The normalized spacial score (nSPS) is 11.2. The molecule has 0 radical (unpaired) electrons. The maximum absolute atomic E-state index is 9.55. The Morgan fingerprint density at radius 1 is 1.13 bits per heavy atom. The van der Waals surface area contributed by atoms with Crippen LogP contribution in [0.25, 0.3) is 5.69 Å². The molecule has 2 rings (SSSR count). The molecular formula is C18H27N3O2. The third kappa shape index (κ3) is 4.10. The van der Waals surface area contributed by atoms with Gasteiger partial charge < -0.3 is 9.84 Å². The van der Waals surface area contributed by atoms with Gasteiger partial charge in [0.25, 0.3) is 0 Å². The molecule has 0 unspecified atom stereocenters. The molecule has 1 aromatic carbocycles. The third-order valence-corrected chi connectivity index (χ3v) is 4.15. The van der Waals surface area contributed by atoms with E-state index in [1.165, 1.54) is 0 Å². The number of rotatable bonds is 9. The van der Waals surface area contributed by atoms with Crippen LogP contribution in [0.3, 0.4) is 0 Å². The van der Waals surface area contributed by atoms with Gasteiger partial charge in [0.1, 0.15) is 11.4 Å². The highest BCUT2D eigenvalue weighted by molar-refractivity contribution is 5.39. The zero-order valence-corrected chi connectivity index (χ0v) is 14.3. The topological polar surface area (TPSA) is 60.2 Å². The summed E-state index contributed by atoms with van der Waals surface area (Å²) >= 11 is 0. The van der Waals surface area contributed by atoms with Crippen molar-refractivity contribution in [3.63, 3.8) is 0 Å². The zero-order chi connectivity index (χ0) is 16.7. The predicted molar refractivity (Wildman–Crippen MR) is 91.0 cm³/mol. The van der Waals surface area contributed by atoms with E-state index in [1.54, 1.807) is 0 Å². The molecule has 0 saturated carbocycles. The van der Waals surface area contributed by atoms with E-state index < -0.39 is 0 Å². The number of unbranched alkanes of at least 4 members (excludes halogenated alkanes) is 1. The molecule has 0 atom stereocenters. The number of hydrogen-bond donors (Lipinski definition) is 1. The lowest BCUT2D eigenvalue weighted by atomic mass is 9.97. The van der Waals surface area contributed by atoms with E-state index >= 15 is 0 Å². The van der Waals surface area contributed by atoms with Crippen molar-refractivity contribution in [2.24, 2.45) is 0 Å². The lowest BCUT2D eigenvalue weighted by Gasteiger charge is -2.16. The van der Waals surface area contributed by atoms with Crippen molar-refractivity contribution in [1.82, 2.24) is 15.0 Å². The molecule has 5 heteroatoms. The Labute approximate surface area is 138 Å².